The zero-order valence-electron chi connectivity index (χ0n) is 15.7. The molecule has 25 heavy (non-hydrogen) atoms. The summed E-state index contributed by atoms with van der Waals surface area (Å²) in [7, 11) is 0. The lowest BCUT2D eigenvalue weighted by Crippen LogP contribution is -2.40. The number of hydrogen-bond acceptors (Lipinski definition) is 4. The van der Waals surface area contributed by atoms with Gasteiger partial charge >= 0.3 is 0 Å². The molecule has 0 aliphatic rings. The van der Waals surface area contributed by atoms with Crippen LogP contribution in [0.15, 0.2) is 27.8 Å². The molecular formula is C18H32N4O3. The van der Waals surface area contributed by atoms with Crippen LogP contribution >= 0.6 is 0 Å². The van der Waals surface area contributed by atoms with Crippen molar-refractivity contribution in [3.05, 3.63) is 24.2 Å². The molecular weight excluding hydrogens is 320 g/mol. The highest BCUT2D eigenvalue weighted by atomic mass is 16.5. The van der Waals surface area contributed by atoms with E-state index in [1.165, 1.54) is 0 Å². The molecule has 0 radical (unpaired) electrons. The minimum absolute atomic E-state index is 0.166. The Hall–Kier alpha value is -2.02. The van der Waals surface area contributed by atoms with E-state index >= 15 is 0 Å². The number of aliphatic imine (C=N–C) groups is 1. The molecule has 1 aromatic heterocycles. The van der Waals surface area contributed by atoms with Gasteiger partial charge < -0.3 is 24.7 Å². The zero-order valence-corrected chi connectivity index (χ0v) is 15.7. The van der Waals surface area contributed by atoms with Crippen molar-refractivity contribution in [1.82, 2.24) is 15.5 Å². The van der Waals surface area contributed by atoms with Crippen molar-refractivity contribution in [2.45, 2.75) is 40.2 Å². The largest absolute Gasteiger partial charge is 0.467 e. The van der Waals surface area contributed by atoms with Crippen LogP contribution in [0, 0.1) is 0 Å². The Morgan fingerprint density at radius 2 is 2.08 bits per heavy atom. The molecule has 7 heteroatoms. The van der Waals surface area contributed by atoms with Crippen molar-refractivity contribution in [3.63, 3.8) is 0 Å². The average molecular weight is 352 g/mol. The van der Waals surface area contributed by atoms with Crippen molar-refractivity contribution in [3.8, 4) is 0 Å². The Labute approximate surface area is 150 Å². The fraction of sp³-hybridized carbons (Fsp3) is 0.667. The van der Waals surface area contributed by atoms with Crippen LogP contribution in [0.2, 0.25) is 0 Å². The molecule has 0 aliphatic heterocycles. The number of guanidine groups is 1. The van der Waals surface area contributed by atoms with E-state index in [1.807, 2.05) is 37.8 Å². The van der Waals surface area contributed by atoms with Gasteiger partial charge in [0.1, 0.15) is 12.4 Å². The number of amides is 1. The lowest BCUT2D eigenvalue weighted by molar-refractivity contribution is -0.130. The van der Waals surface area contributed by atoms with Gasteiger partial charge in [-0.3, -0.25) is 9.79 Å². The molecule has 1 rings (SSSR count). The first-order valence-corrected chi connectivity index (χ1v) is 9.11. The molecule has 1 amide bonds. The standard InChI is InChI=1S/C18H32N4O3/c1-4-19-18(21-12-10-17(23)22(5-2)6-3)20-11-8-13-24-15-16-9-7-14-25-16/h7,9,14H,4-6,8,10-13,15H2,1-3H3,(H2,19,20,21). The summed E-state index contributed by atoms with van der Waals surface area (Å²) >= 11 is 0. The summed E-state index contributed by atoms with van der Waals surface area (Å²) in [5, 5.41) is 6.39. The fourth-order valence-electron chi connectivity index (χ4n) is 2.29. The summed E-state index contributed by atoms with van der Waals surface area (Å²) in [4.78, 5) is 18.3. The second-order valence-electron chi connectivity index (χ2n) is 5.49. The second-order valence-corrected chi connectivity index (χ2v) is 5.49. The Balaban J connectivity index is 2.20. The van der Waals surface area contributed by atoms with Gasteiger partial charge in [-0.25, -0.2) is 0 Å². The van der Waals surface area contributed by atoms with E-state index in [-0.39, 0.29) is 5.91 Å². The topological polar surface area (TPSA) is 79.1 Å². The molecule has 142 valence electrons. The SMILES string of the molecule is CCNC(=NCCCOCc1ccco1)NCCC(=O)N(CC)CC. The van der Waals surface area contributed by atoms with E-state index in [0.29, 0.717) is 32.7 Å². The van der Waals surface area contributed by atoms with E-state index in [9.17, 15) is 4.79 Å². The second kappa shape index (κ2) is 13.3. The number of furan rings is 1. The number of hydrogen-bond donors (Lipinski definition) is 2. The normalized spacial score (nSPS) is 11.4. The van der Waals surface area contributed by atoms with E-state index < -0.39 is 0 Å². The first kappa shape index (κ1) is 21.0. The van der Waals surface area contributed by atoms with Crippen LogP contribution in [-0.4, -0.2) is 56.1 Å². The third kappa shape index (κ3) is 9.14. The molecule has 0 unspecified atom stereocenters. The van der Waals surface area contributed by atoms with Crippen LogP contribution in [0.1, 0.15) is 39.4 Å². The maximum atomic E-state index is 12.0. The minimum Gasteiger partial charge on any atom is -0.467 e. The first-order valence-electron chi connectivity index (χ1n) is 9.11. The van der Waals surface area contributed by atoms with Gasteiger partial charge in [-0.15, -0.1) is 0 Å². The van der Waals surface area contributed by atoms with Crippen LogP contribution < -0.4 is 10.6 Å². The quantitative estimate of drug-likeness (QED) is 0.342. The Kier molecular flexibility index (Phi) is 11.2. The molecule has 0 saturated carbocycles. The Morgan fingerprint density at radius 1 is 1.28 bits per heavy atom. The number of rotatable bonds is 12. The smallest absolute Gasteiger partial charge is 0.224 e. The van der Waals surface area contributed by atoms with Gasteiger partial charge in [0.05, 0.1) is 6.26 Å². The monoisotopic (exact) mass is 352 g/mol. The number of carbonyl (C=O) groups is 1. The molecule has 1 heterocycles. The third-order valence-electron chi connectivity index (χ3n) is 3.63. The summed E-state index contributed by atoms with van der Waals surface area (Å²) in [5.74, 6) is 1.73. The fourth-order valence-corrected chi connectivity index (χ4v) is 2.29. The first-order chi connectivity index (χ1) is 12.2. The van der Waals surface area contributed by atoms with Crippen LogP contribution in [0.4, 0.5) is 0 Å². The maximum absolute atomic E-state index is 12.0. The minimum atomic E-state index is 0.166. The maximum Gasteiger partial charge on any atom is 0.224 e. The Bertz CT molecular complexity index is 485. The van der Waals surface area contributed by atoms with Crippen molar-refractivity contribution in [2.75, 3.05) is 39.3 Å². The number of ether oxygens (including phenoxy) is 1. The van der Waals surface area contributed by atoms with Gasteiger partial charge in [-0.2, -0.15) is 0 Å². The highest BCUT2D eigenvalue weighted by Gasteiger charge is 2.08. The third-order valence-corrected chi connectivity index (χ3v) is 3.63. The highest BCUT2D eigenvalue weighted by molar-refractivity contribution is 5.81. The van der Waals surface area contributed by atoms with E-state index in [1.54, 1.807) is 6.26 Å². The summed E-state index contributed by atoms with van der Waals surface area (Å²) in [6, 6.07) is 3.74. The molecule has 7 nitrogen and oxygen atoms in total. The highest BCUT2D eigenvalue weighted by Crippen LogP contribution is 2.01. The molecule has 0 atom stereocenters. The predicted octanol–water partition coefficient (Wildman–Crippen LogP) is 2.00. The molecule has 0 spiro atoms. The predicted molar refractivity (Wildman–Crippen MR) is 99.5 cm³/mol. The zero-order chi connectivity index (χ0) is 18.3. The van der Waals surface area contributed by atoms with Crippen LogP contribution in [0.5, 0.6) is 0 Å². The van der Waals surface area contributed by atoms with E-state index in [2.05, 4.69) is 15.6 Å². The van der Waals surface area contributed by atoms with Gasteiger partial charge in [0.25, 0.3) is 0 Å². The van der Waals surface area contributed by atoms with Crippen molar-refractivity contribution in [2.24, 2.45) is 4.99 Å². The lowest BCUT2D eigenvalue weighted by atomic mass is 10.3. The van der Waals surface area contributed by atoms with Crippen LogP contribution in [-0.2, 0) is 16.1 Å². The number of nitrogens with one attached hydrogen (secondary N) is 2. The molecule has 0 aromatic carbocycles. The molecule has 0 bridgehead atoms. The molecule has 0 fully saturated rings. The lowest BCUT2D eigenvalue weighted by Gasteiger charge is -2.19. The van der Waals surface area contributed by atoms with E-state index in [0.717, 1.165) is 37.8 Å². The summed E-state index contributed by atoms with van der Waals surface area (Å²) in [5.41, 5.74) is 0. The van der Waals surface area contributed by atoms with Gasteiger partial charge in [0.2, 0.25) is 5.91 Å². The molecule has 0 saturated heterocycles. The summed E-state index contributed by atoms with van der Waals surface area (Å²) < 4.78 is 10.7. The van der Waals surface area contributed by atoms with E-state index in [4.69, 9.17) is 9.15 Å². The molecule has 1 aromatic rings. The van der Waals surface area contributed by atoms with Crippen molar-refractivity contribution in [1.29, 1.82) is 0 Å². The van der Waals surface area contributed by atoms with Gasteiger partial charge in [-0.05, 0) is 39.3 Å². The molecule has 2 N–H and O–H groups in total. The summed E-state index contributed by atoms with van der Waals surface area (Å²) in [6.07, 6.45) is 2.94. The molecule has 0 aliphatic carbocycles. The van der Waals surface area contributed by atoms with Crippen molar-refractivity contribution >= 4 is 11.9 Å². The van der Waals surface area contributed by atoms with Crippen LogP contribution in [0.3, 0.4) is 0 Å². The number of nitrogens with zero attached hydrogens (tertiary/aromatic N) is 2. The number of carbonyl (C=O) groups excluding carboxylic acids is 1. The van der Waals surface area contributed by atoms with Crippen molar-refractivity contribution < 1.29 is 13.9 Å². The Morgan fingerprint density at radius 3 is 2.72 bits per heavy atom. The van der Waals surface area contributed by atoms with Crippen LogP contribution in [0.25, 0.3) is 0 Å². The van der Waals surface area contributed by atoms with Gasteiger partial charge in [0, 0.05) is 45.8 Å². The summed E-state index contributed by atoms with van der Waals surface area (Å²) in [6.45, 7) is 10.7. The van der Waals surface area contributed by atoms with Gasteiger partial charge in [-0.1, -0.05) is 0 Å². The van der Waals surface area contributed by atoms with Gasteiger partial charge in [0.15, 0.2) is 5.96 Å². The average Bonchev–Trinajstić information content (AvgIpc) is 3.12.